The average Bonchev–Trinajstić information content (AvgIpc) is 2.27. The van der Waals surface area contributed by atoms with Crippen LogP contribution in [0.1, 0.15) is 16.7 Å². The maximum Gasteiger partial charge on any atom is 0.0400 e. The Morgan fingerprint density at radius 3 is 2.25 bits per heavy atom. The lowest BCUT2D eigenvalue weighted by Crippen LogP contribution is -1.99. The molecule has 0 aromatic heterocycles. The lowest BCUT2D eigenvalue weighted by Gasteiger charge is -2.07. The molecule has 0 heterocycles. The van der Waals surface area contributed by atoms with E-state index >= 15 is 0 Å². The second kappa shape index (κ2) is 4.84. The van der Waals surface area contributed by atoms with E-state index in [1.807, 2.05) is 0 Å². The first-order chi connectivity index (χ1) is 7.74. The number of hydrogen-bond donors (Lipinski definition) is 1. The molecule has 0 spiro atoms. The molecule has 0 amide bonds. The highest BCUT2D eigenvalue weighted by atomic mass is 14.9. The van der Waals surface area contributed by atoms with Crippen molar-refractivity contribution in [3.63, 3.8) is 0 Å². The Morgan fingerprint density at radius 2 is 1.56 bits per heavy atom. The second-order valence-corrected chi connectivity index (χ2v) is 4.21. The summed E-state index contributed by atoms with van der Waals surface area (Å²) in [6, 6.07) is 17.0. The summed E-state index contributed by atoms with van der Waals surface area (Å²) in [6.07, 6.45) is 0. The molecule has 2 aromatic carbocycles. The third-order valence-electron chi connectivity index (χ3n) is 2.60. The van der Waals surface area contributed by atoms with Crippen LogP contribution in [0.25, 0.3) is 0 Å². The van der Waals surface area contributed by atoms with Crippen LogP contribution in [0, 0.1) is 13.8 Å². The van der Waals surface area contributed by atoms with Gasteiger partial charge in [0.25, 0.3) is 0 Å². The van der Waals surface area contributed by atoms with Crippen LogP contribution < -0.4 is 5.32 Å². The highest BCUT2D eigenvalue weighted by Crippen LogP contribution is 2.12. The van der Waals surface area contributed by atoms with Crippen LogP contribution in [0.2, 0.25) is 0 Å². The molecule has 0 unspecified atom stereocenters. The van der Waals surface area contributed by atoms with Gasteiger partial charge in [-0.15, -0.1) is 0 Å². The number of benzene rings is 2. The Labute approximate surface area is 97.1 Å². The zero-order chi connectivity index (χ0) is 11.4. The van der Waals surface area contributed by atoms with E-state index in [0.29, 0.717) is 0 Å². The van der Waals surface area contributed by atoms with E-state index in [2.05, 4.69) is 67.7 Å². The predicted octanol–water partition coefficient (Wildman–Crippen LogP) is 3.92. The van der Waals surface area contributed by atoms with Crippen LogP contribution >= 0.6 is 0 Å². The maximum absolute atomic E-state index is 3.43. The number of rotatable bonds is 3. The third-order valence-corrected chi connectivity index (χ3v) is 2.60. The molecule has 2 aromatic rings. The Balaban J connectivity index is 2.02. The van der Waals surface area contributed by atoms with Crippen molar-refractivity contribution in [2.45, 2.75) is 20.4 Å². The van der Waals surface area contributed by atoms with E-state index in [1.54, 1.807) is 0 Å². The van der Waals surface area contributed by atoms with Crippen LogP contribution in [-0.4, -0.2) is 0 Å². The summed E-state index contributed by atoms with van der Waals surface area (Å²) in [5.74, 6) is 0. The van der Waals surface area contributed by atoms with Gasteiger partial charge < -0.3 is 5.32 Å². The third kappa shape index (κ3) is 2.86. The molecular formula is C15H17N. The quantitative estimate of drug-likeness (QED) is 0.811. The van der Waals surface area contributed by atoms with Gasteiger partial charge in [-0.2, -0.15) is 0 Å². The molecule has 1 heteroatoms. The number of aryl methyl sites for hydroxylation is 2. The zero-order valence-corrected chi connectivity index (χ0v) is 9.83. The van der Waals surface area contributed by atoms with Gasteiger partial charge in [0.1, 0.15) is 0 Å². The van der Waals surface area contributed by atoms with Gasteiger partial charge in [0, 0.05) is 12.2 Å². The molecule has 0 aliphatic carbocycles. The van der Waals surface area contributed by atoms with Gasteiger partial charge in [-0.1, -0.05) is 42.0 Å². The van der Waals surface area contributed by atoms with Crippen LogP contribution in [0.4, 0.5) is 5.69 Å². The summed E-state index contributed by atoms with van der Waals surface area (Å²) in [7, 11) is 0. The lowest BCUT2D eigenvalue weighted by molar-refractivity contribution is 1.14. The minimum atomic E-state index is 0.880. The van der Waals surface area contributed by atoms with Crippen LogP contribution in [0.3, 0.4) is 0 Å². The van der Waals surface area contributed by atoms with E-state index in [-0.39, 0.29) is 0 Å². The van der Waals surface area contributed by atoms with Crippen LogP contribution in [-0.2, 0) is 6.54 Å². The first kappa shape index (κ1) is 10.7. The molecule has 0 atom stereocenters. The Kier molecular flexibility index (Phi) is 3.25. The number of nitrogens with one attached hydrogen (secondary N) is 1. The van der Waals surface area contributed by atoms with Gasteiger partial charge in [-0.25, -0.2) is 0 Å². The monoisotopic (exact) mass is 211 g/mol. The summed E-state index contributed by atoms with van der Waals surface area (Å²) in [5.41, 5.74) is 5.10. The molecular weight excluding hydrogens is 194 g/mol. The Bertz CT molecular complexity index is 429. The zero-order valence-electron chi connectivity index (χ0n) is 9.83. The summed E-state index contributed by atoms with van der Waals surface area (Å²) in [5, 5.41) is 3.43. The highest BCUT2D eigenvalue weighted by molar-refractivity contribution is 5.46. The minimum absolute atomic E-state index is 0.880. The first-order valence-electron chi connectivity index (χ1n) is 5.60. The summed E-state index contributed by atoms with van der Waals surface area (Å²) in [6.45, 7) is 5.11. The second-order valence-electron chi connectivity index (χ2n) is 4.21. The van der Waals surface area contributed by atoms with E-state index in [1.165, 1.54) is 22.4 Å². The van der Waals surface area contributed by atoms with Gasteiger partial charge >= 0.3 is 0 Å². The predicted molar refractivity (Wildman–Crippen MR) is 69.7 cm³/mol. The summed E-state index contributed by atoms with van der Waals surface area (Å²) >= 11 is 0. The minimum Gasteiger partial charge on any atom is -0.381 e. The van der Waals surface area contributed by atoms with Crippen molar-refractivity contribution in [2.24, 2.45) is 0 Å². The van der Waals surface area contributed by atoms with Crippen molar-refractivity contribution in [3.8, 4) is 0 Å². The molecule has 0 bridgehead atoms. The van der Waals surface area contributed by atoms with Gasteiger partial charge in [-0.05, 0) is 37.1 Å². The van der Waals surface area contributed by atoms with Crippen molar-refractivity contribution in [1.82, 2.24) is 0 Å². The fraction of sp³-hybridized carbons (Fsp3) is 0.200. The van der Waals surface area contributed by atoms with Crippen molar-refractivity contribution in [3.05, 3.63) is 65.2 Å². The molecule has 0 aliphatic rings. The van der Waals surface area contributed by atoms with Gasteiger partial charge in [0.15, 0.2) is 0 Å². The SMILES string of the molecule is Cc1cccc(CNc2cccc(C)c2)c1. The topological polar surface area (TPSA) is 12.0 Å². The fourth-order valence-corrected chi connectivity index (χ4v) is 1.78. The standard InChI is InChI=1S/C15H17N/c1-12-5-3-7-14(9-12)11-16-15-8-4-6-13(2)10-15/h3-10,16H,11H2,1-2H3. The highest BCUT2D eigenvalue weighted by Gasteiger charge is 1.94. The lowest BCUT2D eigenvalue weighted by atomic mass is 10.1. The average molecular weight is 211 g/mol. The molecule has 0 saturated heterocycles. The first-order valence-corrected chi connectivity index (χ1v) is 5.60. The molecule has 0 aliphatic heterocycles. The van der Waals surface area contributed by atoms with Crippen LogP contribution in [0.5, 0.6) is 0 Å². The molecule has 1 nitrogen and oxygen atoms in total. The van der Waals surface area contributed by atoms with Crippen molar-refractivity contribution in [2.75, 3.05) is 5.32 Å². The van der Waals surface area contributed by atoms with E-state index in [4.69, 9.17) is 0 Å². The van der Waals surface area contributed by atoms with Gasteiger partial charge in [0.2, 0.25) is 0 Å². The van der Waals surface area contributed by atoms with E-state index in [9.17, 15) is 0 Å². The van der Waals surface area contributed by atoms with Crippen molar-refractivity contribution in [1.29, 1.82) is 0 Å². The molecule has 0 saturated carbocycles. The molecule has 0 fully saturated rings. The largest absolute Gasteiger partial charge is 0.381 e. The van der Waals surface area contributed by atoms with Crippen LogP contribution in [0.15, 0.2) is 48.5 Å². The molecule has 16 heavy (non-hydrogen) atoms. The number of anilines is 1. The van der Waals surface area contributed by atoms with Gasteiger partial charge in [0.05, 0.1) is 0 Å². The molecule has 0 radical (unpaired) electrons. The Hall–Kier alpha value is -1.76. The summed E-state index contributed by atoms with van der Waals surface area (Å²) in [4.78, 5) is 0. The van der Waals surface area contributed by atoms with E-state index in [0.717, 1.165) is 6.54 Å². The molecule has 2 rings (SSSR count). The fourth-order valence-electron chi connectivity index (χ4n) is 1.78. The van der Waals surface area contributed by atoms with Crippen molar-refractivity contribution >= 4 is 5.69 Å². The van der Waals surface area contributed by atoms with Gasteiger partial charge in [-0.3, -0.25) is 0 Å². The van der Waals surface area contributed by atoms with Crippen molar-refractivity contribution < 1.29 is 0 Å². The molecule has 1 N–H and O–H groups in total. The number of hydrogen-bond acceptors (Lipinski definition) is 1. The smallest absolute Gasteiger partial charge is 0.0400 e. The summed E-state index contributed by atoms with van der Waals surface area (Å²) < 4.78 is 0. The normalized spacial score (nSPS) is 10.1. The maximum atomic E-state index is 3.43. The molecule has 82 valence electrons. The Morgan fingerprint density at radius 1 is 0.875 bits per heavy atom. The van der Waals surface area contributed by atoms with E-state index < -0.39 is 0 Å².